The summed E-state index contributed by atoms with van der Waals surface area (Å²) in [5.41, 5.74) is 3.48. The molecule has 90 valence electrons. The fourth-order valence-electron chi connectivity index (χ4n) is 1.67. The SMILES string of the molecule is CC(CO)(NCc1cscn1)c1ccccc1. The summed E-state index contributed by atoms with van der Waals surface area (Å²) >= 11 is 1.58. The number of hydrogen-bond acceptors (Lipinski definition) is 4. The third-order valence-corrected chi connectivity index (χ3v) is 3.51. The number of nitrogens with zero attached hydrogens (tertiary/aromatic N) is 1. The summed E-state index contributed by atoms with van der Waals surface area (Å²) in [4.78, 5) is 4.22. The lowest BCUT2D eigenvalue weighted by Crippen LogP contribution is -2.42. The van der Waals surface area contributed by atoms with Crippen LogP contribution in [-0.2, 0) is 12.1 Å². The maximum absolute atomic E-state index is 9.59. The van der Waals surface area contributed by atoms with Crippen molar-refractivity contribution in [3.05, 3.63) is 52.5 Å². The number of benzene rings is 1. The van der Waals surface area contributed by atoms with Crippen LogP contribution in [-0.4, -0.2) is 16.7 Å². The zero-order valence-electron chi connectivity index (χ0n) is 9.76. The highest BCUT2D eigenvalue weighted by Crippen LogP contribution is 2.20. The second-order valence-corrected chi connectivity index (χ2v) is 4.91. The van der Waals surface area contributed by atoms with E-state index in [0.717, 1.165) is 11.3 Å². The van der Waals surface area contributed by atoms with Gasteiger partial charge in [0.25, 0.3) is 0 Å². The van der Waals surface area contributed by atoms with Crippen molar-refractivity contribution in [2.75, 3.05) is 6.61 Å². The van der Waals surface area contributed by atoms with Crippen molar-refractivity contribution in [3.8, 4) is 0 Å². The molecule has 0 aliphatic rings. The number of nitrogens with one attached hydrogen (secondary N) is 1. The Balaban J connectivity index is 2.09. The van der Waals surface area contributed by atoms with Crippen molar-refractivity contribution in [3.63, 3.8) is 0 Å². The Kier molecular flexibility index (Phi) is 3.89. The fourth-order valence-corrected chi connectivity index (χ4v) is 2.22. The van der Waals surface area contributed by atoms with Gasteiger partial charge in [0, 0.05) is 11.9 Å². The first-order chi connectivity index (χ1) is 8.24. The molecule has 0 spiro atoms. The molecule has 0 saturated carbocycles. The van der Waals surface area contributed by atoms with E-state index in [2.05, 4.69) is 10.3 Å². The van der Waals surface area contributed by atoms with Crippen molar-refractivity contribution in [2.24, 2.45) is 0 Å². The third-order valence-electron chi connectivity index (χ3n) is 2.87. The Morgan fingerprint density at radius 3 is 2.71 bits per heavy atom. The summed E-state index contributed by atoms with van der Waals surface area (Å²) in [5, 5.41) is 15.0. The Bertz CT molecular complexity index is 444. The van der Waals surface area contributed by atoms with Crippen LogP contribution in [0.4, 0.5) is 0 Å². The quantitative estimate of drug-likeness (QED) is 0.852. The van der Waals surface area contributed by atoms with E-state index in [4.69, 9.17) is 0 Å². The lowest BCUT2D eigenvalue weighted by molar-refractivity contribution is 0.173. The number of hydrogen-bond donors (Lipinski definition) is 2. The first kappa shape index (κ1) is 12.2. The predicted molar refractivity (Wildman–Crippen MR) is 69.8 cm³/mol. The van der Waals surface area contributed by atoms with Gasteiger partial charge in [-0.1, -0.05) is 30.3 Å². The summed E-state index contributed by atoms with van der Waals surface area (Å²) < 4.78 is 0. The van der Waals surface area contributed by atoms with Gasteiger partial charge in [-0.2, -0.15) is 0 Å². The topological polar surface area (TPSA) is 45.1 Å². The van der Waals surface area contributed by atoms with E-state index in [1.807, 2.05) is 48.1 Å². The number of aliphatic hydroxyl groups excluding tert-OH is 1. The maximum Gasteiger partial charge on any atom is 0.0795 e. The van der Waals surface area contributed by atoms with Crippen LogP contribution in [0.5, 0.6) is 0 Å². The number of thiazole rings is 1. The van der Waals surface area contributed by atoms with E-state index >= 15 is 0 Å². The molecular formula is C13H16N2OS. The molecule has 0 radical (unpaired) electrons. The lowest BCUT2D eigenvalue weighted by Gasteiger charge is -2.29. The monoisotopic (exact) mass is 248 g/mol. The molecule has 1 aromatic carbocycles. The van der Waals surface area contributed by atoms with Crippen LogP contribution in [0.15, 0.2) is 41.2 Å². The van der Waals surface area contributed by atoms with Gasteiger partial charge in [-0.05, 0) is 12.5 Å². The minimum atomic E-state index is -0.426. The summed E-state index contributed by atoms with van der Waals surface area (Å²) in [7, 11) is 0. The van der Waals surface area contributed by atoms with E-state index in [0.29, 0.717) is 6.54 Å². The molecule has 1 heterocycles. The molecular weight excluding hydrogens is 232 g/mol. The molecule has 3 nitrogen and oxygen atoms in total. The Labute approximate surface area is 105 Å². The van der Waals surface area contributed by atoms with Crippen LogP contribution < -0.4 is 5.32 Å². The number of rotatable bonds is 5. The van der Waals surface area contributed by atoms with Gasteiger partial charge in [-0.3, -0.25) is 5.32 Å². The van der Waals surface area contributed by atoms with Gasteiger partial charge >= 0.3 is 0 Å². The van der Waals surface area contributed by atoms with Gasteiger partial charge < -0.3 is 5.11 Å². The lowest BCUT2D eigenvalue weighted by atomic mass is 9.93. The molecule has 1 atom stereocenters. The van der Waals surface area contributed by atoms with Crippen LogP contribution in [0.1, 0.15) is 18.2 Å². The largest absolute Gasteiger partial charge is 0.394 e. The normalized spacial score (nSPS) is 14.5. The van der Waals surface area contributed by atoms with Gasteiger partial charge in [0.2, 0.25) is 0 Å². The molecule has 0 aliphatic carbocycles. The maximum atomic E-state index is 9.59. The molecule has 1 unspecified atom stereocenters. The minimum Gasteiger partial charge on any atom is -0.394 e. The molecule has 2 N–H and O–H groups in total. The second kappa shape index (κ2) is 5.40. The molecule has 0 bridgehead atoms. The highest BCUT2D eigenvalue weighted by molar-refractivity contribution is 7.07. The number of aromatic nitrogens is 1. The van der Waals surface area contributed by atoms with Crippen LogP contribution in [0.3, 0.4) is 0 Å². The third kappa shape index (κ3) is 2.91. The Morgan fingerprint density at radius 2 is 2.12 bits per heavy atom. The van der Waals surface area contributed by atoms with E-state index in [9.17, 15) is 5.11 Å². The molecule has 4 heteroatoms. The molecule has 17 heavy (non-hydrogen) atoms. The van der Waals surface area contributed by atoms with Gasteiger partial charge in [0.15, 0.2) is 0 Å². The standard InChI is InChI=1S/C13H16N2OS/c1-13(9-16,11-5-3-2-4-6-11)15-7-12-8-17-10-14-12/h2-6,8,10,15-16H,7,9H2,1H3. The first-order valence-electron chi connectivity index (χ1n) is 5.53. The van der Waals surface area contributed by atoms with Crippen molar-refractivity contribution in [1.29, 1.82) is 0 Å². The Hall–Kier alpha value is -1.23. The van der Waals surface area contributed by atoms with Crippen molar-refractivity contribution in [2.45, 2.75) is 19.0 Å². The van der Waals surface area contributed by atoms with Gasteiger partial charge in [-0.15, -0.1) is 11.3 Å². The van der Waals surface area contributed by atoms with Gasteiger partial charge in [0.1, 0.15) is 0 Å². The smallest absolute Gasteiger partial charge is 0.0795 e. The van der Waals surface area contributed by atoms with Gasteiger partial charge in [-0.25, -0.2) is 4.98 Å². The molecule has 0 aliphatic heterocycles. The first-order valence-corrected chi connectivity index (χ1v) is 6.47. The van der Waals surface area contributed by atoms with Crippen LogP contribution in [0, 0.1) is 0 Å². The van der Waals surface area contributed by atoms with Crippen LogP contribution in [0.2, 0.25) is 0 Å². The number of aliphatic hydroxyl groups is 1. The average Bonchev–Trinajstić information content (AvgIpc) is 2.90. The Morgan fingerprint density at radius 1 is 1.35 bits per heavy atom. The summed E-state index contributed by atoms with van der Waals surface area (Å²) in [5.74, 6) is 0. The summed E-state index contributed by atoms with van der Waals surface area (Å²) in [6.07, 6.45) is 0. The second-order valence-electron chi connectivity index (χ2n) is 4.19. The minimum absolute atomic E-state index is 0.0567. The van der Waals surface area contributed by atoms with E-state index < -0.39 is 5.54 Å². The van der Waals surface area contributed by atoms with Crippen LogP contribution >= 0.6 is 11.3 Å². The summed E-state index contributed by atoms with van der Waals surface area (Å²) in [6, 6.07) is 9.97. The zero-order chi connectivity index (χ0) is 12.1. The highest BCUT2D eigenvalue weighted by atomic mass is 32.1. The molecule has 0 fully saturated rings. The molecule has 2 rings (SSSR count). The van der Waals surface area contributed by atoms with E-state index in [-0.39, 0.29) is 6.61 Å². The van der Waals surface area contributed by atoms with E-state index in [1.165, 1.54) is 0 Å². The van der Waals surface area contributed by atoms with Gasteiger partial charge in [0.05, 0.1) is 23.4 Å². The highest BCUT2D eigenvalue weighted by Gasteiger charge is 2.24. The molecule has 1 aromatic heterocycles. The summed E-state index contributed by atoms with van der Waals surface area (Å²) in [6.45, 7) is 2.71. The van der Waals surface area contributed by atoms with Crippen molar-refractivity contribution < 1.29 is 5.11 Å². The fraction of sp³-hybridized carbons (Fsp3) is 0.308. The molecule has 0 saturated heterocycles. The van der Waals surface area contributed by atoms with E-state index in [1.54, 1.807) is 11.3 Å². The zero-order valence-corrected chi connectivity index (χ0v) is 10.6. The average molecular weight is 248 g/mol. The molecule has 0 amide bonds. The predicted octanol–water partition coefficient (Wildman–Crippen LogP) is 2.14. The van der Waals surface area contributed by atoms with Crippen LogP contribution in [0.25, 0.3) is 0 Å². The molecule has 2 aromatic rings. The van der Waals surface area contributed by atoms with Crippen molar-refractivity contribution >= 4 is 11.3 Å². The van der Waals surface area contributed by atoms with Crippen molar-refractivity contribution in [1.82, 2.24) is 10.3 Å².